The van der Waals surface area contributed by atoms with Crippen LogP contribution in [0.25, 0.3) is 10.9 Å². The number of benzene rings is 2. The molecule has 1 aromatic heterocycles. The maximum atomic E-state index is 8.64. The third-order valence-electron chi connectivity index (χ3n) is 5.31. The number of ether oxygens (including phenoxy) is 3. The summed E-state index contributed by atoms with van der Waals surface area (Å²) < 4.78 is 16.3. The van der Waals surface area contributed by atoms with Gasteiger partial charge in [-0.3, -0.25) is 0 Å². The predicted molar refractivity (Wildman–Crippen MR) is 134 cm³/mol. The maximum absolute atomic E-state index is 8.64. The topological polar surface area (TPSA) is 92.6 Å². The minimum absolute atomic E-state index is 0.0720. The van der Waals surface area contributed by atoms with Gasteiger partial charge in [-0.25, -0.2) is 9.97 Å². The SMILES string of the molecule is COc1cc2nc(Cl)nc(NC(C)CC(=N)Cc3c(OC)cccc3N(C)C)c2cc1OC. The second kappa shape index (κ2) is 10.6. The van der Waals surface area contributed by atoms with Gasteiger partial charge < -0.3 is 29.8 Å². The van der Waals surface area contributed by atoms with Crippen LogP contribution in [-0.2, 0) is 6.42 Å². The van der Waals surface area contributed by atoms with Crippen molar-refractivity contribution in [3.63, 3.8) is 0 Å². The van der Waals surface area contributed by atoms with E-state index in [0.29, 0.717) is 41.4 Å². The molecule has 0 aliphatic heterocycles. The number of hydrogen-bond donors (Lipinski definition) is 2. The Labute approximate surface area is 199 Å². The number of anilines is 2. The van der Waals surface area contributed by atoms with Gasteiger partial charge in [-0.2, -0.15) is 0 Å². The summed E-state index contributed by atoms with van der Waals surface area (Å²) in [5.74, 6) is 2.50. The van der Waals surface area contributed by atoms with E-state index in [-0.39, 0.29) is 11.3 Å². The normalized spacial score (nSPS) is 11.7. The summed E-state index contributed by atoms with van der Waals surface area (Å²) in [6, 6.07) is 9.43. The Balaban J connectivity index is 1.81. The Morgan fingerprint density at radius 3 is 2.36 bits per heavy atom. The van der Waals surface area contributed by atoms with E-state index in [1.165, 1.54) is 0 Å². The third-order valence-corrected chi connectivity index (χ3v) is 5.48. The van der Waals surface area contributed by atoms with Crippen molar-refractivity contribution in [3.8, 4) is 17.2 Å². The zero-order valence-corrected chi connectivity index (χ0v) is 20.6. The average molecular weight is 472 g/mol. The maximum Gasteiger partial charge on any atom is 0.224 e. The fourth-order valence-corrected chi connectivity index (χ4v) is 3.99. The van der Waals surface area contributed by atoms with E-state index < -0.39 is 0 Å². The van der Waals surface area contributed by atoms with E-state index in [2.05, 4.69) is 15.3 Å². The van der Waals surface area contributed by atoms with E-state index in [0.717, 1.165) is 22.4 Å². The van der Waals surface area contributed by atoms with E-state index in [1.807, 2.05) is 50.2 Å². The molecule has 33 heavy (non-hydrogen) atoms. The highest BCUT2D eigenvalue weighted by atomic mass is 35.5. The molecule has 2 N–H and O–H groups in total. The molecule has 0 saturated carbocycles. The van der Waals surface area contributed by atoms with Crippen LogP contribution in [0.5, 0.6) is 17.2 Å². The highest BCUT2D eigenvalue weighted by molar-refractivity contribution is 6.28. The number of methoxy groups -OCH3 is 3. The lowest BCUT2D eigenvalue weighted by Crippen LogP contribution is -2.22. The number of fused-ring (bicyclic) bond motifs is 1. The van der Waals surface area contributed by atoms with Crippen LogP contribution in [0.2, 0.25) is 5.28 Å². The molecule has 0 spiro atoms. The standard InChI is InChI=1S/C24H30ClN5O3/c1-14(10-15(26)11-17-19(30(2)3)8-7-9-20(17)31-4)27-23-16-12-21(32-5)22(33-6)13-18(16)28-24(25)29-23/h7-9,12-14,26H,10-11H2,1-6H3,(H,27,28,29). The Hall–Kier alpha value is -3.26. The molecule has 8 nitrogen and oxygen atoms in total. The van der Waals surface area contributed by atoms with Crippen LogP contribution in [0.3, 0.4) is 0 Å². The van der Waals surface area contributed by atoms with Gasteiger partial charge >= 0.3 is 0 Å². The first kappa shape index (κ1) is 24.4. The van der Waals surface area contributed by atoms with Crippen LogP contribution >= 0.6 is 11.6 Å². The van der Waals surface area contributed by atoms with Crippen molar-refractivity contribution in [2.24, 2.45) is 0 Å². The van der Waals surface area contributed by atoms with Crippen molar-refractivity contribution in [2.45, 2.75) is 25.8 Å². The molecule has 176 valence electrons. The first-order valence-electron chi connectivity index (χ1n) is 10.5. The fourth-order valence-electron chi connectivity index (χ4n) is 3.82. The Morgan fingerprint density at radius 1 is 1.06 bits per heavy atom. The number of aromatic nitrogens is 2. The third kappa shape index (κ3) is 5.57. The predicted octanol–water partition coefficient (Wildman–Crippen LogP) is 4.83. The van der Waals surface area contributed by atoms with Crippen LogP contribution in [0.1, 0.15) is 18.9 Å². The van der Waals surface area contributed by atoms with Crippen molar-refractivity contribution in [1.82, 2.24) is 9.97 Å². The molecule has 0 aliphatic rings. The molecule has 1 atom stereocenters. The molecular formula is C24H30ClN5O3. The Bertz CT molecular complexity index is 1150. The minimum Gasteiger partial charge on any atom is -0.496 e. The number of halogens is 1. The van der Waals surface area contributed by atoms with Crippen molar-refractivity contribution >= 4 is 39.7 Å². The molecule has 0 aliphatic carbocycles. The molecule has 0 bridgehead atoms. The summed E-state index contributed by atoms with van der Waals surface area (Å²) in [5, 5.41) is 12.9. The smallest absolute Gasteiger partial charge is 0.224 e. The monoisotopic (exact) mass is 471 g/mol. The summed E-state index contributed by atoms with van der Waals surface area (Å²) >= 11 is 6.17. The molecule has 9 heteroatoms. The number of nitrogens with zero attached hydrogens (tertiary/aromatic N) is 3. The summed E-state index contributed by atoms with van der Waals surface area (Å²) in [6.45, 7) is 2.01. The van der Waals surface area contributed by atoms with Crippen LogP contribution < -0.4 is 24.4 Å². The van der Waals surface area contributed by atoms with Gasteiger partial charge in [-0.15, -0.1) is 0 Å². The van der Waals surface area contributed by atoms with Gasteiger partial charge in [0.1, 0.15) is 11.6 Å². The second-order valence-corrected chi connectivity index (χ2v) is 8.29. The molecule has 0 saturated heterocycles. The summed E-state index contributed by atoms with van der Waals surface area (Å²) in [7, 11) is 8.78. The van der Waals surface area contributed by atoms with Gasteiger partial charge in [-0.1, -0.05) is 6.07 Å². The summed E-state index contributed by atoms with van der Waals surface area (Å²) in [5.41, 5.74) is 3.25. The fraction of sp³-hybridized carbons (Fsp3) is 0.375. The Morgan fingerprint density at radius 2 is 1.73 bits per heavy atom. The van der Waals surface area contributed by atoms with E-state index in [4.69, 9.17) is 31.2 Å². The lowest BCUT2D eigenvalue weighted by Gasteiger charge is -2.21. The van der Waals surface area contributed by atoms with Crippen LogP contribution in [0.15, 0.2) is 30.3 Å². The van der Waals surface area contributed by atoms with Crippen molar-refractivity contribution in [1.29, 1.82) is 5.41 Å². The van der Waals surface area contributed by atoms with Gasteiger partial charge in [0.15, 0.2) is 11.5 Å². The molecule has 1 heterocycles. The van der Waals surface area contributed by atoms with Gasteiger partial charge in [0.05, 0.1) is 26.8 Å². The van der Waals surface area contributed by atoms with E-state index >= 15 is 0 Å². The molecule has 3 rings (SSSR count). The summed E-state index contributed by atoms with van der Waals surface area (Å²) in [4.78, 5) is 10.7. The second-order valence-electron chi connectivity index (χ2n) is 7.95. The molecular weight excluding hydrogens is 442 g/mol. The minimum atomic E-state index is -0.0720. The largest absolute Gasteiger partial charge is 0.496 e. The molecule has 0 amide bonds. The average Bonchev–Trinajstić information content (AvgIpc) is 2.77. The molecule has 0 radical (unpaired) electrons. The van der Waals surface area contributed by atoms with Crippen molar-refractivity contribution < 1.29 is 14.2 Å². The number of nitrogens with one attached hydrogen (secondary N) is 2. The highest BCUT2D eigenvalue weighted by Crippen LogP contribution is 2.35. The molecule has 3 aromatic rings. The number of hydrogen-bond acceptors (Lipinski definition) is 8. The van der Waals surface area contributed by atoms with Gasteiger partial charge in [-0.05, 0) is 36.7 Å². The zero-order chi connectivity index (χ0) is 24.1. The lowest BCUT2D eigenvalue weighted by atomic mass is 10.00. The first-order valence-corrected chi connectivity index (χ1v) is 10.9. The quantitative estimate of drug-likeness (QED) is 0.323. The summed E-state index contributed by atoms with van der Waals surface area (Å²) in [6.07, 6.45) is 1.00. The molecule has 1 unspecified atom stereocenters. The van der Waals surface area contributed by atoms with Crippen molar-refractivity contribution in [2.75, 3.05) is 45.6 Å². The van der Waals surface area contributed by atoms with Gasteiger partial charge in [0, 0.05) is 61.4 Å². The van der Waals surface area contributed by atoms with E-state index in [1.54, 1.807) is 27.4 Å². The van der Waals surface area contributed by atoms with Crippen LogP contribution in [0.4, 0.5) is 11.5 Å². The van der Waals surface area contributed by atoms with Gasteiger partial charge in [0.2, 0.25) is 5.28 Å². The zero-order valence-electron chi connectivity index (χ0n) is 19.8. The highest BCUT2D eigenvalue weighted by Gasteiger charge is 2.17. The molecule has 2 aromatic carbocycles. The van der Waals surface area contributed by atoms with E-state index in [9.17, 15) is 0 Å². The van der Waals surface area contributed by atoms with Gasteiger partial charge in [0.25, 0.3) is 0 Å². The first-order chi connectivity index (χ1) is 15.8. The van der Waals surface area contributed by atoms with Crippen LogP contribution in [-0.4, -0.2) is 57.1 Å². The van der Waals surface area contributed by atoms with Crippen molar-refractivity contribution in [3.05, 3.63) is 41.2 Å². The molecule has 0 fully saturated rings. The van der Waals surface area contributed by atoms with Crippen LogP contribution in [0, 0.1) is 5.41 Å². The lowest BCUT2D eigenvalue weighted by molar-refractivity contribution is 0.356. The Kier molecular flexibility index (Phi) is 7.81. The number of rotatable bonds is 10.